The van der Waals surface area contributed by atoms with Crippen molar-refractivity contribution in [2.75, 3.05) is 32.1 Å². The Morgan fingerprint density at radius 1 is 1.25 bits per heavy atom. The number of ether oxygens (including phenoxy) is 1. The van der Waals surface area contributed by atoms with Crippen LogP contribution in [0.2, 0.25) is 0 Å². The molecule has 1 aliphatic rings. The second-order valence-electron chi connectivity index (χ2n) is 5.51. The summed E-state index contributed by atoms with van der Waals surface area (Å²) in [4.78, 5) is 8.94. The van der Waals surface area contributed by atoms with Gasteiger partial charge in [-0.1, -0.05) is 18.2 Å². The summed E-state index contributed by atoms with van der Waals surface area (Å²) in [5.74, 6) is 1.30. The average molecular weight is 348 g/mol. The highest BCUT2D eigenvalue weighted by Gasteiger charge is 2.32. The molecular formula is C16H20N4O3S. The predicted octanol–water partition coefficient (Wildman–Crippen LogP) is 1.59. The summed E-state index contributed by atoms with van der Waals surface area (Å²) in [6, 6.07) is 10.2. The molecule has 24 heavy (non-hydrogen) atoms. The van der Waals surface area contributed by atoms with Gasteiger partial charge in [-0.25, -0.2) is 18.4 Å². The number of rotatable bonds is 4. The molecule has 1 N–H and O–H groups in total. The van der Waals surface area contributed by atoms with Crippen LogP contribution in [0.15, 0.2) is 41.3 Å². The Kier molecular flexibility index (Phi) is 4.79. The number of benzene rings is 1. The van der Waals surface area contributed by atoms with E-state index >= 15 is 0 Å². The van der Waals surface area contributed by atoms with Crippen molar-refractivity contribution in [1.82, 2.24) is 14.3 Å². The van der Waals surface area contributed by atoms with Crippen LogP contribution in [0.5, 0.6) is 0 Å². The summed E-state index contributed by atoms with van der Waals surface area (Å²) in [5.41, 5.74) is 0.680. The molecule has 0 spiro atoms. The summed E-state index contributed by atoms with van der Waals surface area (Å²) in [6.45, 7) is 2.69. The number of hydrogen-bond acceptors (Lipinski definition) is 6. The lowest BCUT2D eigenvalue weighted by atomic mass is 10.2. The molecule has 0 saturated carbocycles. The maximum atomic E-state index is 12.8. The zero-order valence-electron chi connectivity index (χ0n) is 13.6. The molecule has 2 heterocycles. The number of nitrogens with zero attached hydrogens (tertiary/aromatic N) is 3. The molecule has 1 aromatic heterocycles. The third kappa shape index (κ3) is 3.40. The van der Waals surface area contributed by atoms with Gasteiger partial charge < -0.3 is 10.1 Å². The lowest BCUT2D eigenvalue weighted by Gasteiger charge is -2.32. The van der Waals surface area contributed by atoms with E-state index in [0.717, 1.165) is 0 Å². The largest absolute Gasteiger partial charge is 0.373 e. The molecule has 1 aromatic carbocycles. The Bertz CT molecular complexity index is 811. The van der Waals surface area contributed by atoms with E-state index in [4.69, 9.17) is 4.74 Å². The van der Waals surface area contributed by atoms with Crippen LogP contribution in [0, 0.1) is 6.92 Å². The average Bonchev–Trinajstić information content (AvgIpc) is 2.62. The second kappa shape index (κ2) is 6.84. The summed E-state index contributed by atoms with van der Waals surface area (Å²) in [6.07, 6.45) is -0.411. The van der Waals surface area contributed by atoms with Crippen LogP contribution in [0.3, 0.4) is 0 Å². The Morgan fingerprint density at radius 2 is 2.00 bits per heavy atom. The number of nitrogens with one attached hydrogen (secondary N) is 1. The molecule has 1 atom stereocenters. The Hall–Kier alpha value is -2.03. The van der Waals surface area contributed by atoms with Crippen molar-refractivity contribution < 1.29 is 13.2 Å². The van der Waals surface area contributed by atoms with Gasteiger partial charge >= 0.3 is 0 Å². The highest BCUT2D eigenvalue weighted by molar-refractivity contribution is 7.89. The summed E-state index contributed by atoms with van der Waals surface area (Å²) < 4.78 is 32.8. The minimum atomic E-state index is -3.53. The molecule has 1 fully saturated rings. The molecule has 128 valence electrons. The first-order valence-electron chi connectivity index (χ1n) is 7.71. The first kappa shape index (κ1) is 16.8. The minimum Gasteiger partial charge on any atom is -0.373 e. The van der Waals surface area contributed by atoms with Gasteiger partial charge in [-0.05, 0) is 19.1 Å². The maximum Gasteiger partial charge on any atom is 0.243 e. The first-order valence-corrected chi connectivity index (χ1v) is 9.15. The normalized spacial score (nSPS) is 19.2. The van der Waals surface area contributed by atoms with Crippen molar-refractivity contribution in [2.24, 2.45) is 0 Å². The SMILES string of the molecule is CNc1cc([C@@H]2CN(S(=O)(=O)c3ccccc3)CCO2)nc(C)n1. The van der Waals surface area contributed by atoms with Gasteiger partial charge in [-0.2, -0.15) is 4.31 Å². The molecule has 7 nitrogen and oxygen atoms in total. The van der Waals surface area contributed by atoms with Crippen LogP contribution in [-0.4, -0.2) is 49.4 Å². The van der Waals surface area contributed by atoms with Crippen molar-refractivity contribution in [3.8, 4) is 0 Å². The molecular weight excluding hydrogens is 328 g/mol. The van der Waals surface area contributed by atoms with Gasteiger partial charge in [0, 0.05) is 26.2 Å². The molecule has 3 rings (SSSR count). The highest BCUT2D eigenvalue weighted by Crippen LogP contribution is 2.26. The van der Waals surface area contributed by atoms with Crippen LogP contribution >= 0.6 is 0 Å². The number of hydrogen-bond donors (Lipinski definition) is 1. The van der Waals surface area contributed by atoms with Crippen LogP contribution in [0.25, 0.3) is 0 Å². The molecule has 8 heteroatoms. The van der Waals surface area contributed by atoms with Crippen LogP contribution in [-0.2, 0) is 14.8 Å². The van der Waals surface area contributed by atoms with E-state index < -0.39 is 16.1 Å². The van der Waals surface area contributed by atoms with Gasteiger partial charge in [-0.3, -0.25) is 0 Å². The molecule has 0 amide bonds. The number of aromatic nitrogens is 2. The summed E-state index contributed by atoms with van der Waals surface area (Å²) >= 11 is 0. The van der Waals surface area contributed by atoms with Gasteiger partial charge in [-0.15, -0.1) is 0 Å². The number of sulfonamides is 1. The van der Waals surface area contributed by atoms with Gasteiger partial charge in [0.25, 0.3) is 0 Å². The molecule has 1 aliphatic heterocycles. The van der Waals surface area contributed by atoms with Gasteiger partial charge in [0.15, 0.2) is 0 Å². The minimum absolute atomic E-state index is 0.233. The molecule has 1 saturated heterocycles. The topological polar surface area (TPSA) is 84.4 Å². The zero-order chi connectivity index (χ0) is 17.2. The van der Waals surface area contributed by atoms with E-state index in [2.05, 4.69) is 15.3 Å². The lowest BCUT2D eigenvalue weighted by Crippen LogP contribution is -2.42. The maximum absolute atomic E-state index is 12.8. The van der Waals surface area contributed by atoms with E-state index in [1.54, 1.807) is 50.4 Å². The van der Waals surface area contributed by atoms with E-state index in [0.29, 0.717) is 35.4 Å². The van der Waals surface area contributed by atoms with Crippen molar-refractivity contribution >= 4 is 15.8 Å². The number of morpholine rings is 1. The monoisotopic (exact) mass is 348 g/mol. The Morgan fingerprint density at radius 3 is 2.71 bits per heavy atom. The van der Waals surface area contributed by atoms with Crippen molar-refractivity contribution in [3.05, 3.63) is 47.9 Å². The van der Waals surface area contributed by atoms with Crippen LogP contribution < -0.4 is 5.32 Å². The highest BCUT2D eigenvalue weighted by atomic mass is 32.2. The smallest absolute Gasteiger partial charge is 0.243 e. The third-order valence-corrected chi connectivity index (χ3v) is 5.73. The fourth-order valence-corrected chi connectivity index (χ4v) is 4.09. The molecule has 0 aliphatic carbocycles. The zero-order valence-corrected chi connectivity index (χ0v) is 14.5. The number of aryl methyl sites for hydroxylation is 1. The molecule has 0 bridgehead atoms. The summed E-state index contributed by atoms with van der Waals surface area (Å²) in [7, 11) is -1.76. The van der Waals surface area contributed by atoms with Gasteiger partial charge in [0.05, 0.1) is 17.2 Å². The quantitative estimate of drug-likeness (QED) is 0.903. The van der Waals surface area contributed by atoms with E-state index in [-0.39, 0.29) is 6.54 Å². The molecule has 2 aromatic rings. The fraction of sp³-hybridized carbons (Fsp3) is 0.375. The molecule has 0 unspecified atom stereocenters. The van der Waals surface area contributed by atoms with Crippen LogP contribution in [0.1, 0.15) is 17.6 Å². The van der Waals surface area contributed by atoms with Crippen molar-refractivity contribution in [1.29, 1.82) is 0 Å². The standard InChI is InChI=1S/C16H20N4O3S/c1-12-18-14(10-16(17-2)19-12)15-11-20(8-9-23-15)24(21,22)13-6-4-3-5-7-13/h3-7,10,15H,8-9,11H2,1-2H3,(H,17,18,19)/t15-/m0/s1. The second-order valence-corrected chi connectivity index (χ2v) is 7.45. The van der Waals surface area contributed by atoms with Gasteiger partial charge in [0.2, 0.25) is 10.0 Å². The summed E-state index contributed by atoms with van der Waals surface area (Å²) in [5, 5.41) is 2.98. The first-order chi connectivity index (χ1) is 11.5. The lowest BCUT2D eigenvalue weighted by molar-refractivity contribution is -0.00505. The molecule has 0 radical (unpaired) electrons. The van der Waals surface area contributed by atoms with Crippen molar-refractivity contribution in [3.63, 3.8) is 0 Å². The van der Waals surface area contributed by atoms with Crippen molar-refractivity contribution in [2.45, 2.75) is 17.9 Å². The Balaban J connectivity index is 1.86. The van der Waals surface area contributed by atoms with E-state index in [1.165, 1.54) is 4.31 Å². The van der Waals surface area contributed by atoms with Gasteiger partial charge in [0.1, 0.15) is 17.7 Å². The number of anilines is 1. The van der Waals surface area contributed by atoms with E-state index in [9.17, 15) is 8.42 Å². The Labute approximate surface area is 141 Å². The van der Waals surface area contributed by atoms with E-state index in [1.807, 2.05) is 0 Å². The predicted molar refractivity (Wildman–Crippen MR) is 90.2 cm³/mol. The van der Waals surface area contributed by atoms with Crippen LogP contribution in [0.4, 0.5) is 5.82 Å². The third-order valence-electron chi connectivity index (χ3n) is 3.85. The fourth-order valence-electron chi connectivity index (χ4n) is 2.65.